The van der Waals surface area contributed by atoms with Crippen molar-refractivity contribution in [1.29, 1.82) is 0 Å². The molecule has 4 rings (SSSR count). The number of hydrogen-bond acceptors (Lipinski definition) is 2. The van der Waals surface area contributed by atoms with Gasteiger partial charge in [0.1, 0.15) is 5.82 Å². The summed E-state index contributed by atoms with van der Waals surface area (Å²) in [4.78, 5) is 0. The van der Waals surface area contributed by atoms with Crippen molar-refractivity contribution in [1.82, 2.24) is 10.6 Å². The van der Waals surface area contributed by atoms with E-state index in [2.05, 4.69) is 31.1 Å². The minimum Gasteiger partial charge on any atom is -0.378 e. The van der Waals surface area contributed by atoms with E-state index in [1.54, 1.807) is 18.2 Å². The molecule has 1 aliphatic carbocycles. The number of benzene rings is 2. The number of alkyl halides is 3. The highest BCUT2D eigenvalue weighted by atomic mass is 19.4. The third kappa shape index (κ3) is 7.50. The predicted octanol–water partition coefficient (Wildman–Crippen LogP) is 9.36. The summed E-state index contributed by atoms with van der Waals surface area (Å²) in [5, 5.41) is 6.60. The molecule has 1 aliphatic heterocycles. The van der Waals surface area contributed by atoms with E-state index in [0.29, 0.717) is 11.3 Å². The lowest BCUT2D eigenvalue weighted by Crippen LogP contribution is -2.31. The Bertz CT molecular complexity index is 1140. The molecule has 1 unspecified atom stereocenters. The van der Waals surface area contributed by atoms with Crippen LogP contribution in [0.3, 0.4) is 0 Å². The molecule has 0 fully saturated rings. The molecule has 2 nitrogen and oxygen atoms in total. The van der Waals surface area contributed by atoms with Crippen LogP contribution in [0.1, 0.15) is 93.5 Å². The van der Waals surface area contributed by atoms with Crippen LogP contribution in [0.15, 0.2) is 72.1 Å². The van der Waals surface area contributed by atoms with Crippen molar-refractivity contribution >= 4 is 5.70 Å². The first-order valence-electron chi connectivity index (χ1n) is 13.2. The summed E-state index contributed by atoms with van der Waals surface area (Å²) in [6, 6.07) is 9.50. The van der Waals surface area contributed by atoms with E-state index in [1.165, 1.54) is 49.9 Å². The monoisotopic (exact) mass is 514 g/mol. The summed E-state index contributed by atoms with van der Waals surface area (Å²) in [5.41, 5.74) is 4.32. The smallest absolute Gasteiger partial charge is 0.378 e. The van der Waals surface area contributed by atoms with Crippen LogP contribution in [0.25, 0.3) is 5.70 Å². The highest BCUT2D eigenvalue weighted by Crippen LogP contribution is 2.40. The van der Waals surface area contributed by atoms with Crippen molar-refractivity contribution < 1.29 is 17.6 Å². The molecule has 0 bridgehead atoms. The number of aryl methyl sites for hydroxylation is 1. The quantitative estimate of drug-likeness (QED) is 0.284. The van der Waals surface area contributed by atoms with Crippen LogP contribution in [-0.4, -0.2) is 0 Å². The second-order valence-corrected chi connectivity index (χ2v) is 9.72. The first-order chi connectivity index (χ1) is 17.7. The molecule has 6 heteroatoms. The fraction of sp³-hybridized carbons (Fsp3) is 0.419. The van der Waals surface area contributed by atoms with E-state index in [0.717, 1.165) is 54.3 Å². The van der Waals surface area contributed by atoms with Gasteiger partial charge in [-0.05, 0) is 73.6 Å². The number of nitrogens with one attached hydrogen (secondary N) is 2. The van der Waals surface area contributed by atoms with Gasteiger partial charge in [0.2, 0.25) is 0 Å². The van der Waals surface area contributed by atoms with E-state index < -0.39 is 17.8 Å². The number of hydrogen-bond donors (Lipinski definition) is 2. The molecular formula is C31H38F4N2. The summed E-state index contributed by atoms with van der Waals surface area (Å²) < 4.78 is 54.6. The van der Waals surface area contributed by atoms with Crippen molar-refractivity contribution in [3.8, 4) is 0 Å². The van der Waals surface area contributed by atoms with Crippen molar-refractivity contribution in [2.45, 2.75) is 84.4 Å². The van der Waals surface area contributed by atoms with Crippen LogP contribution in [0.5, 0.6) is 0 Å². The van der Waals surface area contributed by atoms with Crippen LogP contribution < -0.4 is 10.6 Å². The average Bonchev–Trinajstić information content (AvgIpc) is 2.88. The summed E-state index contributed by atoms with van der Waals surface area (Å²) in [7, 11) is 0. The maximum absolute atomic E-state index is 13.8. The maximum atomic E-state index is 13.8. The van der Waals surface area contributed by atoms with E-state index in [-0.39, 0.29) is 11.4 Å². The van der Waals surface area contributed by atoms with Gasteiger partial charge in [-0.25, -0.2) is 4.39 Å². The van der Waals surface area contributed by atoms with E-state index in [1.807, 2.05) is 6.92 Å². The second kappa shape index (κ2) is 13.0. The predicted molar refractivity (Wildman–Crippen MR) is 144 cm³/mol. The normalized spacial score (nSPS) is 17.2. The molecule has 1 heterocycles. The van der Waals surface area contributed by atoms with Crippen LogP contribution in [0.4, 0.5) is 17.6 Å². The van der Waals surface area contributed by atoms with Gasteiger partial charge in [0.05, 0.1) is 11.6 Å². The summed E-state index contributed by atoms with van der Waals surface area (Å²) >= 11 is 0. The van der Waals surface area contributed by atoms with Crippen molar-refractivity contribution in [3.63, 3.8) is 0 Å². The number of dihydropyridines is 1. The number of halogens is 4. The molecule has 1 atom stereocenters. The fourth-order valence-corrected chi connectivity index (χ4v) is 4.82. The van der Waals surface area contributed by atoms with Crippen molar-refractivity contribution in [3.05, 3.63) is 100 Å². The Morgan fingerprint density at radius 1 is 1.03 bits per heavy atom. The van der Waals surface area contributed by atoms with Gasteiger partial charge in [-0.1, -0.05) is 70.4 Å². The highest BCUT2D eigenvalue weighted by Gasteiger charge is 2.36. The molecule has 200 valence electrons. The van der Waals surface area contributed by atoms with Crippen molar-refractivity contribution in [2.24, 2.45) is 0 Å². The molecule has 2 aliphatic rings. The largest absolute Gasteiger partial charge is 0.416 e. The molecule has 0 radical (unpaired) electrons. The first kappa shape index (κ1) is 28.5. The third-order valence-corrected chi connectivity index (χ3v) is 6.82. The molecule has 0 saturated heterocycles. The molecule has 0 aromatic heterocycles. The van der Waals surface area contributed by atoms with Crippen LogP contribution in [0, 0.1) is 12.7 Å². The summed E-state index contributed by atoms with van der Waals surface area (Å²) in [6.45, 7) is 10.4. The number of rotatable bonds is 7. The van der Waals surface area contributed by atoms with Crippen LogP contribution in [0.2, 0.25) is 0 Å². The Hall–Kier alpha value is -3.02. The van der Waals surface area contributed by atoms with E-state index >= 15 is 0 Å². The van der Waals surface area contributed by atoms with Gasteiger partial charge in [-0.15, -0.1) is 0 Å². The highest BCUT2D eigenvalue weighted by molar-refractivity contribution is 5.67. The van der Waals surface area contributed by atoms with Gasteiger partial charge in [-0.2, -0.15) is 13.2 Å². The Morgan fingerprint density at radius 3 is 2.38 bits per heavy atom. The van der Waals surface area contributed by atoms with E-state index in [9.17, 15) is 17.6 Å². The molecule has 37 heavy (non-hydrogen) atoms. The lowest BCUT2D eigenvalue weighted by Gasteiger charge is -2.34. The Morgan fingerprint density at radius 2 is 1.70 bits per heavy atom. The molecule has 0 amide bonds. The minimum atomic E-state index is -4.44. The molecule has 2 N–H and O–H groups in total. The molecular weight excluding hydrogens is 476 g/mol. The molecule has 2 aromatic carbocycles. The fourth-order valence-electron chi connectivity index (χ4n) is 4.82. The summed E-state index contributed by atoms with van der Waals surface area (Å²) in [6.07, 6.45) is 6.48. The van der Waals surface area contributed by atoms with Gasteiger partial charge < -0.3 is 10.6 Å². The third-order valence-electron chi connectivity index (χ3n) is 6.82. The molecule has 0 spiro atoms. The topological polar surface area (TPSA) is 24.1 Å². The minimum absolute atomic E-state index is 0.180. The second-order valence-electron chi connectivity index (χ2n) is 9.72. The summed E-state index contributed by atoms with van der Waals surface area (Å²) in [5.74, 6) is -0.364. The van der Waals surface area contributed by atoms with Crippen LogP contribution >= 0.6 is 0 Å². The van der Waals surface area contributed by atoms with Crippen molar-refractivity contribution in [2.75, 3.05) is 0 Å². The molecule has 2 aromatic rings. The zero-order valence-corrected chi connectivity index (χ0v) is 22.1. The van der Waals surface area contributed by atoms with Gasteiger partial charge in [-0.3, -0.25) is 0 Å². The Kier molecular flexibility index (Phi) is 10.0. The maximum Gasteiger partial charge on any atom is 0.416 e. The lowest BCUT2D eigenvalue weighted by molar-refractivity contribution is -0.138. The standard InChI is InChI=1S/C25H24F4N2.C6H14/c1-15-11-12-17(26)13-20(15)16(2)30-24-14-23(31-22-10-6-4-8-19(22)24)18-7-3-5-9-21(18)25(27,28)29;1-3-5-6-4-2/h3,5,7,9,11-14,23,30-31H,2,4,6,8,10H2,1H3;3-6H2,1-2H3. The SMILES string of the molecule is C=C(NC1=CC(c2ccccc2C(F)(F)F)NC2=C1CCCC2)c1cc(F)ccc1C.CCCCCC. The number of allylic oxidation sites excluding steroid dienone is 2. The lowest BCUT2D eigenvalue weighted by atomic mass is 9.87. The van der Waals surface area contributed by atoms with Gasteiger partial charge in [0.25, 0.3) is 0 Å². The van der Waals surface area contributed by atoms with Gasteiger partial charge in [0.15, 0.2) is 0 Å². The Labute approximate surface area is 218 Å². The van der Waals surface area contributed by atoms with Crippen LogP contribution in [-0.2, 0) is 6.18 Å². The average molecular weight is 515 g/mol. The van der Waals surface area contributed by atoms with Gasteiger partial charge >= 0.3 is 6.18 Å². The number of unbranched alkanes of at least 4 members (excludes halogenated alkanes) is 3. The van der Waals surface area contributed by atoms with E-state index in [4.69, 9.17) is 0 Å². The van der Waals surface area contributed by atoms with Gasteiger partial charge in [0, 0.05) is 22.7 Å². The Balaban J connectivity index is 0.000000568. The zero-order valence-electron chi connectivity index (χ0n) is 22.1. The zero-order chi connectivity index (χ0) is 27.0. The molecule has 0 saturated carbocycles. The first-order valence-corrected chi connectivity index (χ1v) is 13.2.